The predicted molar refractivity (Wildman–Crippen MR) is 68.0 cm³/mol. The third-order valence-electron chi connectivity index (χ3n) is 3.56. The number of nitrogens with two attached hydrogens (primary N) is 1. The molecule has 2 heterocycles. The van der Waals surface area contributed by atoms with Gasteiger partial charge >= 0.3 is 5.97 Å². The summed E-state index contributed by atoms with van der Waals surface area (Å²) in [6.45, 7) is 0.779. The molecule has 2 rings (SSSR count). The number of carbonyl (C=O) groups is 3. The number of amides is 2. The van der Waals surface area contributed by atoms with E-state index in [1.165, 1.54) is 18.1 Å². The normalized spacial score (nSPS) is 16.1. The minimum atomic E-state index is -1.19. The van der Waals surface area contributed by atoms with Crippen LogP contribution >= 0.6 is 0 Å². The molecule has 1 fully saturated rings. The van der Waals surface area contributed by atoms with E-state index < -0.39 is 5.97 Å². The number of hydrogen-bond donors (Lipinski definition) is 2. The summed E-state index contributed by atoms with van der Waals surface area (Å²) >= 11 is 0. The number of aromatic nitrogens is 2. The van der Waals surface area contributed by atoms with Crippen molar-refractivity contribution in [1.82, 2.24) is 14.7 Å². The Kier molecular flexibility index (Phi) is 3.73. The summed E-state index contributed by atoms with van der Waals surface area (Å²) in [6, 6.07) is 0. The fourth-order valence-corrected chi connectivity index (χ4v) is 2.39. The molecule has 3 N–H and O–H groups in total. The van der Waals surface area contributed by atoms with E-state index in [0.717, 1.165) is 4.68 Å². The SMILES string of the molecule is Cn1ncc(C(=O)N2CCC(C(N)=O)CC2)c1C(=O)O. The molecule has 0 aromatic carbocycles. The average Bonchev–Trinajstić information content (AvgIpc) is 2.80. The Morgan fingerprint density at radius 3 is 2.45 bits per heavy atom. The van der Waals surface area contributed by atoms with Crippen LogP contribution in [0.4, 0.5) is 0 Å². The lowest BCUT2D eigenvalue weighted by atomic mass is 9.96. The van der Waals surface area contributed by atoms with Crippen molar-refractivity contribution in [3.63, 3.8) is 0 Å². The number of piperidine rings is 1. The van der Waals surface area contributed by atoms with Crippen molar-refractivity contribution in [1.29, 1.82) is 0 Å². The minimum Gasteiger partial charge on any atom is -0.477 e. The lowest BCUT2D eigenvalue weighted by Crippen LogP contribution is -2.42. The van der Waals surface area contributed by atoms with Crippen molar-refractivity contribution in [3.8, 4) is 0 Å². The smallest absolute Gasteiger partial charge is 0.354 e. The van der Waals surface area contributed by atoms with Gasteiger partial charge in [-0.15, -0.1) is 0 Å². The molecule has 1 aliphatic rings. The van der Waals surface area contributed by atoms with Crippen molar-refractivity contribution in [2.24, 2.45) is 18.7 Å². The Hall–Kier alpha value is -2.38. The predicted octanol–water partition coefficient (Wildman–Crippen LogP) is -0.544. The van der Waals surface area contributed by atoms with E-state index >= 15 is 0 Å². The molecule has 0 radical (unpaired) electrons. The van der Waals surface area contributed by atoms with Crippen molar-refractivity contribution >= 4 is 17.8 Å². The Morgan fingerprint density at radius 1 is 1.35 bits per heavy atom. The summed E-state index contributed by atoms with van der Waals surface area (Å²) in [6.07, 6.45) is 2.26. The number of likely N-dealkylation sites (tertiary alicyclic amines) is 1. The monoisotopic (exact) mass is 280 g/mol. The van der Waals surface area contributed by atoms with Gasteiger partial charge in [0.2, 0.25) is 5.91 Å². The van der Waals surface area contributed by atoms with Gasteiger partial charge in [-0.2, -0.15) is 5.10 Å². The molecule has 20 heavy (non-hydrogen) atoms. The number of carboxylic acids is 1. The van der Waals surface area contributed by atoms with Crippen LogP contribution in [0.3, 0.4) is 0 Å². The largest absolute Gasteiger partial charge is 0.477 e. The number of carboxylic acid groups (broad SMARTS) is 1. The summed E-state index contributed by atoms with van der Waals surface area (Å²) in [5, 5.41) is 12.9. The fraction of sp³-hybridized carbons (Fsp3) is 0.500. The number of primary amides is 1. The van der Waals surface area contributed by atoms with Crippen molar-refractivity contribution in [2.45, 2.75) is 12.8 Å². The molecule has 2 amide bonds. The van der Waals surface area contributed by atoms with Gasteiger partial charge in [-0.25, -0.2) is 4.79 Å². The first-order valence-corrected chi connectivity index (χ1v) is 6.25. The second kappa shape index (κ2) is 5.32. The summed E-state index contributed by atoms with van der Waals surface area (Å²) in [4.78, 5) is 36.1. The molecule has 1 aromatic heterocycles. The molecule has 0 saturated carbocycles. The lowest BCUT2D eigenvalue weighted by Gasteiger charge is -2.30. The van der Waals surface area contributed by atoms with E-state index in [0.29, 0.717) is 25.9 Å². The zero-order valence-electron chi connectivity index (χ0n) is 11.1. The maximum Gasteiger partial charge on any atom is 0.354 e. The Labute approximate surface area is 115 Å². The van der Waals surface area contributed by atoms with Crippen LogP contribution in [0.1, 0.15) is 33.7 Å². The average molecular weight is 280 g/mol. The first-order valence-electron chi connectivity index (χ1n) is 6.25. The quantitative estimate of drug-likeness (QED) is 0.770. The first kappa shape index (κ1) is 14.0. The molecule has 0 aliphatic carbocycles. The number of nitrogens with zero attached hydrogens (tertiary/aromatic N) is 3. The van der Waals surface area contributed by atoms with E-state index in [-0.39, 0.29) is 29.0 Å². The number of carbonyl (C=O) groups excluding carboxylic acids is 2. The second-order valence-corrected chi connectivity index (χ2v) is 4.80. The second-order valence-electron chi connectivity index (χ2n) is 4.80. The number of rotatable bonds is 3. The molecule has 0 bridgehead atoms. The Bertz CT molecular complexity index is 558. The Morgan fingerprint density at radius 2 is 1.95 bits per heavy atom. The molecule has 1 saturated heterocycles. The third kappa shape index (κ3) is 2.49. The van der Waals surface area contributed by atoms with Gasteiger partial charge in [0.1, 0.15) is 0 Å². The molecule has 0 unspecified atom stereocenters. The molecular weight excluding hydrogens is 264 g/mol. The molecule has 1 aromatic rings. The van der Waals surface area contributed by atoms with Gasteiger partial charge in [0.15, 0.2) is 5.69 Å². The number of aryl methyl sites for hydroxylation is 1. The summed E-state index contributed by atoms with van der Waals surface area (Å²) in [7, 11) is 1.47. The topological polar surface area (TPSA) is 119 Å². The molecular formula is C12H16N4O4. The minimum absolute atomic E-state index is 0.0672. The molecule has 1 aliphatic heterocycles. The van der Waals surface area contributed by atoms with Gasteiger partial charge in [0, 0.05) is 26.1 Å². The first-order chi connectivity index (χ1) is 9.41. The third-order valence-corrected chi connectivity index (χ3v) is 3.56. The van der Waals surface area contributed by atoms with E-state index in [1.54, 1.807) is 0 Å². The van der Waals surface area contributed by atoms with E-state index in [9.17, 15) is 14.4 Å². The van der Waals surface area contributed by atoms with Crippen LogP contribution in [0.25, 0.3) is 0 Å². The van der Waals surface area contributed by atoms with Crippen molar-refractivity contribution in [3.05, 3.63) is 17.5 Å². The van der Waals surface area contributed by atoms with Crippen molar-refractivity contribution in [2.75, 3.05) is 13.1 Å². The number of aromatic carboxylic acids is 1. The van der Waals surface area contributed by atoms with Crippen molar-refractivity contribution < 1.29 is 19.5 Å². The van der Waals surface area contributed by atoms with Crippen LogP contribution in [-0.2, 0) is 11.8 Å². The van der Waals surface area contributed by atoms with Gasteiger partial charge in [0.25, 0.3) is 5.91 Å². The highest BCUT2D eigenvalue weighted by atomic mass is 16.4. The fourth-order valence-electron chi connectivity index (χ4n) is 2.39. The van der Waals surface area contributed by atoms with E-state index in [1.807, 2.05) is 0 Å². The molecule has 108 valence electrons. The van der Waals surface area contributed by atoms with Gasteiger partial charge in [0.05, 0.1) is 11.8 Å². The van der Waals surface area contributed by atoms with Gasteiger partial charge in [-0.3, -0.25) is 14.3 Å². The van der Waals surface area contributed by atoms with Crippen LogP contribution in [-0.4, -0.2) is 50.7 Å². The summed E-state index contributed by atoms with van der Waals surface area (Å²) in [5.74, 6) is -2.14. The van der Waals surface area contributed by atoms with Gasteiger partial charge in [-0.1, -0.05) is 0 Å². The maximum atomic E-state index is 12.3. The van der Waals surface area contributed by atoms with Crippen LogP contribution in [0.5, 0.6) is 0 Å². The molecule has 8 nitrogen and oxygen atoms in total. The van der Waals surface area contributed by atoms with Crippen LogP contribution in [0.2, 0.25) is 0 Å². The Balaban J connectivity index is 2.14. The zero-order valence-corrected chi connectivity index (χ0v) is 11.1. The zero-order chi connectivity index (χ0) is 14.9. The highest BCUT2D eigenvalue weighted by Gasteiger charge is 2.30. The highest BCUT2D eigenvalue weighted by Crippen LogP contribution is 2.20. The standard InChI is InChI=1S/C12H16N4O4/c1-15-9(12(19)20)8(6-14-15)11(18)16-4-2-7(3-5-16)10(13)17/h6-7H,2-5H2,1H3,(H2,13,17)(H,19,20). The maximum absolute atomic E-state index is 12.3. The van der Waals surface area contributed by atoms with Crippen LogP contribution in [0.15, 0.2) is 6.20 Å². The number of hydrogen-bond acceptors (Lipinski definition) is 4. The van der Waals surface area contributed by atoms with Crippen LogP contribution < -0.4 is 5.73 Å². The van der Waals surface area contributed by atoms with E-state index in [2.05, 4.69) is 5.10 Å². The summed E-state index contributed by atoms with van der Waals surface area (Å²) in [5.41, 5.74) is 5.17. The summed E-state index contributed by atoms with van der Waals surface area (Å²) < 4.78 is 1.16. The highest BCUT2D eigenvalue weighted by molar-refractivity contribution is 6.03. The van der Waals surface area contributed by atoms with E-state index in [4.69, 9.17) is 10.8 Å². The van der Waals surface area contributed by atoms with Gasteiger partial charge in [-0.05, 0) is 12.8 Å². The molecule has 0 spiro atoms. The van der Waals surface area contributed by atoms with Crippen LogP contribution in [0, 0.1) is 5.92 Å². The molecule has 0 atom stereocenters. The molecule has 8 heteroatoms. The lowest BCUT2D eigenvalue weighted by molar-refractivity contribution is -0.123. The van der Waals surface area contributed by atoms with Gasteiger partial charge < -0.3 is 15.7 Å².